The zero-order valence-corrected chi connectivity index (χ0v) is 14.6. The van der Waals surface area contributed by atoms with Gasteiger partial charge in [-0.2, -0.15) is 11.8 Å². The lowest BCUT2D eigenvalue weighted by molar-refractivity contribution is -0.133. The van der Waals surface area contributed by atoms with E-state index < -0.39 is 0 Å². The highest BCUT2D eigenvalue weighted by atomic mass is 35.5. The van der Waals surface area contributed by atoms with Crippen LogP contribution in [-0.4, -0.2) is 42.4 Å². The average Bonchev–Trinajstić information content (AvgIpc) is 2.48. The van der Waals surface area contributed by atoms with Crippen molar-refractivity contribution >= 4 is 41.7 Å². The van der Waals surface area contributed by atoms with Crippen molar-refractivity contribution in [1.82, 2.24) is 10.2 Å². The molecule has 1 atom stereocenters. The lowest BCUT2D eigenvalue weighted by atomic mass is 10.1. The number of thioether (sulfide) groups is 1. The molecule has 6 heteroatoms. The number of carbonyl (C=O) groups is 1. The fraction of sp³-hybridized carbons (Fsp3) is 0.533. The number of amides is 1. The molecule has 1 aromatic rings. The molecule has 3 nitrogen and oxygen atoms in total. The molecule has 1 aliphatic rings. The second-order valence-corrected chi connectivity index (χ2v) is 6.52. The summed E-state index contributed by atoms with van der Waals surface area (Å²) in [5, 5.41) is 3.83. The quantitative estimate of drug-likeness (QED) is 0.827. The molecule has 0 aliphatic carbocycles. The van der Waals surface area contributed by atoms with E-state index in [1.54, 1.807) is 0 Å². The number of hydrogen-bond donors (Lipinski definition) is 1. The van der Waals surface area contributed by atoms with Crippen molar-refractivity contribution in [2.24, 2.45) is 0 Å². The normalized spacial score (nSPS) is 18.2. The number of nitrogens with one attached hydrogen (secondary N) is 1. The zero-order chi connectivity index (χ0) is 14.4. The van der Waals surface area contributed by atoms with Gasteiger partial charge in [0.1, 0.15) is 0 Å². The summed E-state index contributed by atoms with van der Waals surface area (Å²) in [7, 11) is 1.92. The molecule has 1 fully saturated rings. The molecule has 0 radical (unpaired) electrons. The highest BCUT2D eigenvalue weighted by Crippen LogP contribution is 2.30. The van der Waals surface area contributed by atoms with Gasteiger partial charge in [0.2, 0.25) is 5.91 Å². The van der Waals surface area contributed by atoms with E-state index in [0.29, 0.717) is 6.42 Å². The van der Waals surface area contributed by atoms with Crippen LogP contribution in [-0.2, 0) is 4.79 Å². The van der Waals surface area contributed by atoms with Crippen LogP contribution in [0.4, 0.5) is 0 Å². The maximum Gasteiger partial charge on any atom is 0.223 e. The number of nitrogens with zero attached hydrogens (tertiary/aromatic N) is 1. The molecular formula is C15H22Cl2N2OS. The first-order chi connectivity index (χ1) is 9.72. The van der Waals surface area contributed by atoms with Gasteiger partial charge in [0, 0.05) is 29.5 Å². The fourth-order valence-corrected chi connectivity index (χ4v) is 3.64. The molecule has 1 amide bonds. The molecule has 21 heavy (non-hydrogen) atoms. The Morgan fingerprint density at radius 3 is 2.81 bits per heavy atom. The standard InChI is InChI=1S/C15H21ClN2OS.ClH/c1-17-8-2-3-15(19)18-9-10-20-11-14(18)12-4-6-13(16)7-5-12;/h4-7,14,17H,2-3,8-11H2,1H3;1H. The second kappa shape index (κ2) is 9.57. The third kappa shape index (κ3) is 5.37. The molecule has 1 heterocycles. The van der Waals surface area contributed by atoms with E-state index in [1.807, 2.05) is 48.0 Å². The van der Waals surface area contributed by atoms with E-state index in [0.717, 1.165) is 36.0 Å². The summed E-state index contributed by atoms with van der Waals surface area (Å²) in [6.45, 7) is 1.73. The van der Waals surface area contributed by atoms with Gasteiger partial charge in [-0.1, -0.05) is 23.7 Å². The zero-order valence-electron chi connectivity index (χ0n) is 12.2. The topological polar surface area (TPSA) is 32.3 Å². The van der Waals surface area contributed by atoms with Gasteiger partial charge in [0.25, 0.3) is 0 Å². The Bertz CT molecular complexity index is 442. The van der Waals surface area contributed by atoms with Gasteiger partial charge in [-0.05, 0) is 37.7 Å². The molecule has 0 saturated carbocycles. The number of hydrogen-bond acceptors (Lipinski definition) is 3. The van der Waals surface area contributed by atoms with E-state index in [-0.39, 0.29) is 24.4 Å². The number of halogens is 2. The predicted molar refractivity (Wildman–Crippen MR) is 93.6 cm³/mol. The summed E-state index contributed by atoms with van der Waals surface area (Å²) in [4.78, 5) is 14.4. The van der Waals surface area contributed by atoms with Crippen LogP contribution in [0.5, 0.6) is 0 Å². The third-order valence-corrected chi connectivity index (χ3v) is 4.80. The van der Waals surface area contributed by atoms with Gasteiger partial charge in [0.05, 0.1) is 6.04 Å². The van der Waals surface area contributed by atoms with Crippen molar-refractivity contribution in [3.63, 3.8) is 0 Å². The number of rotatable bonds is 5. The van der Waals surface area contributed by atoms with Crippen LogP contribution in [0.1, 0.15) is 24.4 Å². The van der Waals surface area contributed by atoms with Gasteiger partial charge in [0.15, 0.2) is 0 Å². The van der Waals surface area contributed by atoms with E-state index in [9.17, 15) is 4.79 Å². The molecule has 1 aliphatic heterocycles. The number of benzene rings is 1. The maximum atomic E-state index is 12.4. The highest BCUT2D eigenvalue weighted by Gasteiger charge is 2.27. The molecule has 1 unspecified atom stereocenters. The lowest BCUT2D eigenvalue weighted by Gasteiger charge is -2.36. The summed E-state index contributed by atoms with van der Waals surface area (Å²) in [5.41, 5.74) is 1.18. The van der Waals surface area contributed by atoms with Crippen molar-refractivity contribution in [3.05, 3.63) is 34.9 Å². The van der Waals surface area contributed by atoms with Gasteiger partial charge < -0.3 is 10.2 Å². The van der Waals surface area contributed by atoms with Gasteiger partial charge in [-0.15, -0.1) is 12.4 Å². The minimum absolute atomic E-state index is 0. The summed E-state index contributed by atoms with van der Waals surface area (Å²) in [6.07, 6.45) is 1.52. The van der Waals surface area contributed by atoms with Gasteiger partial charge in [-0.3, -0.25) is 4.79 Å². The van der Waals surface area contributed by atoms with Crippen LogP contribution in [0.15, 0.2) is 24.3 Å². The molecule has 1 aromatic carbocycles. The highest BCUT2D eigenvalue weighted by molar-refractivity contribution is 7.99. The number of carbonyl (C=O) groups excluding carboxylic acids is 1. The van der Waals surface area contributed by atoms with E-state index in [2.05, 4.69) is 5.32 Å². The molecule has 0 aromatic heterocycles. The van der Waals surface area contributed by atoms with Crippen molar-refractivity contribution < 1.29 is 4.79 Å². The predicted octanol–water partition coefficient (Wildman–Crippen LogP) is 3.38. The van der Waals surface area contributed by atoms with Crippen molar-refractivity contribution in [3.8, 4) is 0 Å². The average molecular weight is 349 g/mol. The van der Waals surface area contributed by atoms with Crippen LogP contribution >= 0.6 is 35.8 Å². The first-order valence-corrected chi connectivity index (χ1v) is 8.53. The Morgan fingerprint density at radius 1 is 1.43 bits per heavy atom. The van der Waals surface area contributed by atoms with E-state index >= 15 is 0 Å². The Kier molecular flexibility index (Phi) is 8.49. The van der Waals surface area contributed by atoms with Crippen molar-refractivity contribution in [2.75, 3.05) is 31.6 Å². The molecule has 0 bridgehead atoms. The van der Waals surface area contributed by atoms with Crippen molar-refractivity contribution in [1.29, 1.82) is 0 Å². The molecular weight excluding hydrogens is 327 g/mol. The summed E-state index contributed by atoms with van der Waals surface area (Å²) < 4.78 is 0. The Hall–Kier alpha value is -0.420. The minimum atomic E-state index is 0. The monoisotopic (exact) mass is 348 g/mol. The first kappa shape index (κ1) is 18.6. The second-order valence-electron chi connectivity index (χ2n) is 4.94. The fourth-order valence-electron chi connectivity index (χ4n) is 2.42. The van der Waals surface area contributed by atoms with Crippen LogP contribution in [0, 0.1) is 0 Å². The van der Waals surface area contributed by atoms with Gasteiger partial charge >= 0.3 is 0 Å². The third-order valence-electron chi connectivity index (χ3n) is 3.52. The van der Waals surface area contributed by atoms with Crippen LogP contribution in [0.2, 0.25) is 5.02 Å². The van der Waals surface area contributed by atoms with Crippen LogP contribution in [0.25, 0.3) is 0 Å². The molecule has 2 rings (SSSR count). The maximum absolute atomic E-state index is 12.4. The molecule has 0 spiro atoms. The SMILES string of the molecule is CNCCCC(=O)N1CCSCC1c1ccc(Cl)cc1.Cl. The minimum Gasteiger partial charge on any atom is -0.334 e. The van der Waals surface area contributed by atoms with Crippen LogP contribution < -0.4 is 5.32 Å². The van der Waals surface area contributed by atoms with E-state index in [4.69, 9.17) is 11.6 Å². The first-order valence-electron chi connectivity index (χ1n) is 6.99. The largest absolute Gasteiger partial charge is 0.334 e. The lowest BCUT2D eigenvalue weighted by Crippen LogP contribution is -2.40. The Balaban J connectivity index is 0.00000220. The molecule has 1 saturated heterocycles. The Labute approximate surface area is 142 Å². The summed E-state index contributed by atoms with van der Waals surface area (Å²) in [5.74, 6) is 2.27. The summed E-state index contributed by atoms with van der Waals surface area (Å²) >= 11 is 7.85. The molecule has 118 valence electrons. The molecule has 1 N–H and O–H groups in total. The van der Waals surface area contributed by atoms with E-state index in [1.165, 1.54) is 5.56 Å². The smallest absolute Gasteiger partial charge is 0.223 e. The van der Waals surface area contributed by atoms with Crippen molar-refractivity contribution in [2.45, 2.75) is 18.9 Å². The van der Waals surface area contributed by atoms with Gasteiger partial charge in [-0.25, -0.2) is 0 Å². The van der Waals surface area contributed by atoms with Crippen LogP contribution in [0.3, 0.4) is 0 Å². The summed E-state index contributed by atoms with van der Waals surface area (Å²) in [6, 6.07) is 8.06. The Morgan fingerprint density at radius 2 is 2.14 bits per heavy atom.